The Balaban J connectivity index is 2.95. The summed E-state index contributed by atoms with van der Waals surface area (Å²) < 4.78 is 4.16. The maximum Gasteiger partial charge on any atom is 0.321 e. The van der Waals surface area contributed by atoms with Gasteiger partial charge in [-0.2, -0.15) is 4.37 Å². The second kappa shape index (κ2) is 6.60. The van der Waals surface area contributed by atoms with Gasteiger partial charge in [0.2, 0.25) is 0 Å². The van der Waals surface area contributed by atoms with Gasteiger partial charge in [0.25, 0.3) is 5.91 Å². The molecular weight excluding hydrogens is 272 g/mol. The van der Waals surface area contributed by atoms with Crippen LogP contribution in [0.1, 0.15) is 23.7 Å². The Bertz CT molecular complexity index is 445. The predicted molar refractivity (Wildman–Crippen MR) is 74.4 cm³/mol. The van der Waals surface area contributed by atoms with Gasteiger partial charge in [-0.25, -0.2) is 4.79 Å². The minimum absolute atomic E-state index is 0.300. The minimum Gasteiger partial charge on any atom is -0.365 e. The van der Waals surface area contributed by atoms with Gasteiger partial charge in [0.1, 0.15) is 15.6 Å². The number of urea groups is 1. The number of carbonyl (C=O) groups is 2. The number of hydrogen-bond acceptors (Lipinski definition) is 5. The molecule has 1 heterocycles. The molecule has 8 heteroatoms. The van der Waals surface area contributed by atoms with E-state index in [4.69, 9.17) is 5.73 Å². The van der Waals surface area contributed by atoms with Crippen LogP contribution in [0.25, 0.3) is 0 Å². The van der Waals surface area contributed by atoms with Crippen molar-refractivity contribution in [3.05, 3.63) is 5.56 Å². The largest absolute Gasteiger partial charge is 0.365 e. The van der Waals surface area contributed by atoms with Crippen molar-refractivity contribution in [1.82, 2.24) is 9.27 Å². The highest BCUT2D eigenvalue weighted by atomic mass is 32.2. The highest BCUT2D eigenvalue weighted by Gasteiger charge is 2.20. The molecule has 6 nitrogen and oxygen atoms in total. The second-order valence-electron chi connectivity index (χ2n) is 3.73. The molecule has 0 spiro atoms. The molecule has 0 aliphatic carbocycles. The number of nitrogens with one attached hydrogen (secondary N) is 1. The van der Waals surface area contributed by atoms with Gasteiger partial charge in [-0.3, -0.25) is 10.1 Å². The number of hydrogen-bond donors (Lipinski definition) is 2. The van der Waals surface area contributed by atoms with Crippen LogP contribution in [0.2, 0.25) is 0 Å². The second-order valence-corrected chi connectivity index (χ2v) is 5.59. The first-order valence-electron chi connectivity index (χ1n) is 5.38. The Labute approximate surface area is 114 Å². The van der Waals surface area contributed by atoms with Crippen molar-refractivity contribution in [2.24, 2.45) is 5.73 Å². The lowest BCUT2D eigenvalue weighted by Gasteiger charge is -2.11. The average molecular weight is 288 g/mol. The zero-order valence-corrected chi connectivity index (χ0v) is 12.2. The van der Waals surface area contributed by atoms with E-state index >= 15 is 0 Å². The molecule has 3 N–H and O–H groups in total. The number of aromatic nitrogens is 1. The molecule has 0 saturated carbocycles. The number of amides is 3. The van der Waals surface area contributed by atoms with E-state index in [1.807, 2.05) is 6.92 Å². The fourth-order valence-corrected chi connectivity index (χ4v) is 2.90. The minimum atomic E-state index is -0.573. The summed E-state index contributed by atoms with van der Waals surface area (Å²) in [6, 6.07) is -0.312. The third kappa shape index (κ3) is 3.61. The Kier molecular flexibility index (Phi) is 5.42. The highest BCUT2D eigenvalue weighted by molar-refractivity contribution is 7.99. The number of primary amides is 1. The zero-order valence-electron chi connectivity index (χ0n) is 10.5. The summed E-state index contributed by atoms with van der Waals surface area (Å²) in [4.78, 5) is 24.4. The molecule has 0 fully saturated rings. The maximum absolute atomic E-state index is 11.5. The average Bonchev–Trinajstić information content (AvgIpc) is 2.69. The van der Waals surface area contributed by atoms with Crippen LogP contribution < -0.4 is 11.1 Å². The van der Waals surface area contributed by atoms with Crippen LogP contribution in [0.3, 0.4) is 0 Å². The van der Waals surface area contributed by atoms with Crippen molar-refractivity contribution in [3.8, 4) is 0 Å². The third-order valence-corrected chi connectivity index (χ3v) is 4.04. The number of thioether (sulfide) groups is 1. The van der Waals surface area contributed by atoms with Crippen molar-refractivity contribution in [2.75, 3.05) is 25.2 Å². The molecule has 0 saturated heterocycles. The first-order chi connectivity index (χ1) is 8.47. The number of anilines is 1. The van der Waals surface area contributed by atoms with Crippen LogP contribution in [-0.4, -0.2) is 41.1 Å². The van der Waals surface area contributed by atoms with Crippen LogP contribution in [0, 0.1) is 0 Å². The first kappa shape index (κ1) is 14.8. The van der Waals surface area contributed by atoms with E-state index in [0.29, 0.717) is 15.6 Å². The molecule has 1 aromatic rings. The molecule has 0 aliphatic heterocycles. The topological polar surface area (TPSA) is 88.3 Å². The van der Waals surface area contributed by atoms with E-state index < -0.39 is 5.91 Å². The lowest BCUT2D eigenvalue weighted by atomic mass is 10.3. The Morgan fingerprint density at radius 2 is 2.17 bits per heavy atom. The number of nitrogens with two attached hydrogens (primary N) is 1. The maximum atomic E-state index is 11.5. The SMILES string of the molecule is CCCSc1nsc(NC(=O)N(C)C)c1C(N)=O. The van der Waals surface area contributed by atoms with Crippen LogP contribution in [0.5, 0.6) is 0 Å². The summed E-state index contributed by atoms with van der Waals surface area (Å²) in [5.41, 5.74) is 5.63. The van der Waals surface area contributed by atoms with E-state index in [1.165, 1.54) is 16.7 Å². The molecule has 1 aromatic heterocycles. The lowest BCUT2D eigenvalue weighted by molar-refractivity contribution is 0.0998. The van der Waals surface area contributed by atoms with Gasteiger partial charge in [-0.05, 0) is 23.7 Å². The van der Waals surface area contributed by atoms with Crippen LogP contribution in [0.15, 0.2) is 5.03 Å². The monoisotopic (exact) mass is 288 g/mol. The molecular formula is C10H16N4O2S2. The first-order valence-corrected chi connectivity index (χ1v) is 7.13. The molecule has 18 heavy (non-hydrogen) atoms. The molecule has 1 rings (SSSR count). The van der Waals surface area contributed by atoms with Gasteiger partial charge in [0.05, 0.1) is 0 Å². The Morgan fingerprint density at radius 3 is 2.67 bits per heavy atom. The quantitative estimate of drug-likeness (QED) is 0.809. The third-order valence-electron chi connectivity index (χ3n) is 1.98. The predicted octanol–water partition coefficient (Wildman–Crippen LogP) is 1.84. The molecule has 3 amide bonds. The van der Waals surface area contributed by atoms with Gasteiger partial charge in [0.15, 0.2) is 0 Å². The highest BCUT2D eigenvalue weighted by Crippen LogP contribution is 2.31. The zero-order chi connectivity index (χ0) is 13.7. The fourth-order valence-electron chi connectivity index (χ4n) is 1.08. The van der Waals surface area contributed by atoms with E-state index in [9.17, 15) is 9.59 Å². The van der Waals surface area contributed by atoms with E-state index in [0.717, 1.165) is 23.7 Å². The number of carbonyl (C=O) groups excluding carboxylic acids is 2. The van der Waals surface area contributed by atoms with Crippen LogP contribution in [-0.2, 0) is 0 Å². The van der Waals surface area contributed by atoms with Crippen molar-refractivity contribution in [3.63, 3.8) is 0 Å². The Morgan fingerprint density at radius 1 is 1.50 bits per heavy atom. The van der Waals surface area contributed by atoms with Crippen molar-refractivity contribution in [2.45, 2.75) is 18.4 Å². The molecule has 0 atom stereocenters. The van der Waals surface area contributed by atoms with Gasteiger partial charge < -0.3 is 10.6 Å². The molecule has 0 aliphatic rings. The normalized spacial score (nSPS) is 10.2. The Hall–Kier alpha value is -1.28. The summed E-state index contributed by atoms with van der Waals surface area (Å²) in [6.45, 7) is 2.04. The molecule has 100 valence electrons. The summed E-state index contributed by atoms with van der Waals surface area (Å²) in [7, 11) is 3.24. The van der Waals surface area contributed by atoms with Gasteiger partial charge in [-0.1, -0.05) is 6.92 Å². The van der Waals surface area contributed by atoms with E-state index in [2.05, 4.69) is 9.69 Å². The van der Waals surface area contributed by atoms with Gasteiger partial charge in [0, 0.05) is 14.1 Å². The van der Waals surface area contributed by atoms with Crippen LogP contribution in [0.4, 0.5) is 9.80 Å². The van der Waals surface area contributed by atoms with E-state index in [1.54, 1.807) is 14.1 Å². The molecule has 0 radical (unpaired) electrons. The summed E-state index contributed by atoms with van der Waals surface area (Å²) in [5.74, 6) is 0.279. The van der Waals surface area contributed by atoms with Crippen molar-refractivity contribution in [1.29, 1.82) is 0 Å². The molecule has 0 aromatic carbocycles. The standard InChI is InChI=1S/C10H16N4O2S2/c1-4-5-17-9-6(7(11)15)8(18-13-9)12-10(16)14(2)3/h4-5H2,1-3H3,(H2,11,15)(H,12,16). The summed E-state index contributed by atoms with van der Waals surface area (Å²) in [6.07, 6.45) is 0.972. The van der Waals surface area contributed by atoms with Gasteiger partial charge in [-0.15, -0.1) is 11.8 Å². The fraction of sp³-hybridized carbons (Fsp3) is 0.500. The molecule has 0 unspecified atom stereocenters. The molecule has 0 bridgehead atoms. The summed E-state index contributed by atoms with van der Waals surface area (Å²) >= 11 is 2.54. The lowest BCUT2D eigenvalue weighted by Crippen LogP contribution is -2.28. The van der Waals surface area contributed by atoms with Crippen molar-refractivity contribution >= 4 is 40.2 Å². The van der Waals surface area contributed by atoms with E-state index in [-0.39, 0.29) is 6.03 Å². The summed E-state index contributed by atoms with van der Waals surface area (Å²) in [5, 5.41) is 3.61. The number of nitrogens with zero attached hydrogens (tertiary/aromatic N) is 2. The number of rotatable bonds is 5. The van der Waals surface area contributed by atoms with Crippen molar-refractivity contribution < 1.29 is 9.59 Å². The van der Waals surface area contributed by atoms with Crippen LogP contribution >= 0.6 is 23.3 Å². The smallest absolute Gasteiger partial charge is 0.321 e. The van der Waals surface area contributed by atoms with Gasteiger partial charge >= 0.3 is 6.03 Å².